The van der Waals surface area contributed by atoms with Crippen molar-refractivity contribution in [2.45, 2.75) is 51.7 Å². The average Bonchev–Trinajstić information content (AvgIpc) is 2.58. The minimum Gasteiger partial charge on any atom is -0.391 e. The molecule has 1 aromatic carbocycles. The molecule has 2 saturated heterocycles. The summed E-state index contributed by atoms with van der Waals surface area (Å²) in [6.07, 6.45) is 3.86. The molecule has 2 aliphatic rings. The number of hydrogen-bond donors (Lipinski definition) is 1. The molecule has 0 radical (unpaired) electrons. The van der Waals surface area contributed by atoms with Crippen LogP contribution in [0.1, 0.15) is 37.3 Å². The zero-order valence-electron chi connectivity index (χ0n) is 14.9. The third-order valence-corrected chi connectivity index (χ3v) is 5.80. The molecule has 0 unspecified atom stereocenters. The second-order valence-corrected chi connectivity index (χ2v) is 7.54. The highest BCUT2D eigenvalue weighted by Crippen LogP contribution is 2.26. The third kappa shape index (κ3) is 4.17. The summed E-state index contributed by atoms with van der Waals surface area (Å²) < 4.78 is 0. The van der Waals surface area contributed by atoms with Gasteiger partial charge in [0.15, 0.2) is 0 Å². The maximum absolute atomic E-state index is 11.4. The molecule has 0 aromatic heterocycles. The summed E-state index contributed by atoms with van der Waals surface area (Å²) in [6, 6.07) is 9.20. The maximum atomic E-state index is 11.4. The van der Waals surface area contributed by atoms with Crippen molar-refractivity contribution in [3.05, 3.63) is 35.4 Å². The summed E-state index contributed by atoms with van der Waals surface area (Å²) in [5.74, 6) is 0.548. The standard InChI is InChI=1S/C20H30N2O2/c1-15-3-5-17(6-4-15)13-18-7-10-22(14-20(18)24)19-8-11-21(12-9-19)16(2)23/h3-6,18-20,24H,7-14H2,1-2H3/t18-,20-/m1/s1. The molecule has 24 heavy (non-hydrogen) atoms. The fraction of sp³-hybridized carbons (Fsp3) is 0.650. The summed E-state index contributed by atoms with van der Waals surface area (Å²) in [6.45, 7) is 7.33. The van der Waals surface area contributed by atoms with Crippen LogP contribution in [0.15, 0.2) is 24.3 Å². The van der Waals surface area contributed by atoms with Crippen molar-refractivity contribution in [1.82, 2.24) is 9.80 Å². The van der Waals surface area contributed by atoms with Gasteiger partial charge in [-0.1, -0.05) is 29.8 Å². The summed E-state index contributed by atoms with van der Waals surface area (Å²) >= 11 is 0. The number of carbonyl (C=O) groups excluding carboxylic acids is 1. The monoisotopic (exact) mass is 330 g/mol. The number of β-amino-alcohol motifs (C(OH)–C–C–N with tert-alkyl or cyclic N) is 1. The Balaban J connectivity index is 1.50. The lowest BCUT2D eigenvalue weighted by atomic mass is 9.86. The third-order valence-electron chi connectivity index (χ3n) is 5.80. The smallest absolute Gasteiger partial charge is 0.219 e. The molecule has 2 heterocycles. The summed E-state index contributed by atoms with van der Waals surface area (Å²) in [4.78, 5) is 15.8. The first kappa shape index (κ1) is 17.4. The Labute approximate surface area is 145 Å². The van der Waals surface area contributed by atoms with Crippen molar-refractivity contribution >= 4 is 5.91 Å². The molecule has 1 amide bonds. The van der Waals surface area contributed by atoms with E-state index in [0.29, 0.717) is 12.0 Å². The van der Waals surface area contributed by atoms with Crippen LogP contribution in [0.5, 0.6) is 0 Å². The molecule has 2 atom stereocenters. The van der Waals surface area contributed by atoms with Gasteiger partial charge in [0.1, 0.15) is 0 Å². The van der Waals surface area contributed by atoms with Crippen LogP contribution in [0.3, 0.4) is 0 Å². The van der Waals surface area contributed by atoms with Gasteiger partial charge in [-0.3, -0.25) is 9.69 Å². The molecule has 1 N–H and O–H groups in total. The summed E-state index contributed by atoms with van der Waals surface area (Å²) in [5.41, 5.74) is 2.61. The van der Waals surface area contributed by atoms with Crippen molar-refractivity contribution in [3.63, 3.8) is 0 Å². The van der Waals surface area contributed by atoms with Crippen LogP contribution in [-0.4, -0.2) is 59.1 Å². The van der Waals surface area contributed by atoms with Crippen molar-refractivity contribution < 1.29 is 9.90 Å². The van der Waals surface area contributed by atoms with Gasteiger partial charge in [-0.15, -0.1) is 0 Å². The van der Waals surface area contributed by atoms with Crippen molar-refractivity contribution in [2.24, 2.45) is 5.92 Å². The van der Waals surface area contributed by atoms with E-state index in [0.717, 1.165) is 51.9 Å². The van der Waals surface area contributed by atoms with E-state index >= 15 is 0 Å². The molecular weight excluding hydrogens is 300 g/mol. The van der Waals surface area contributed by atoms with Crippen molar-refractivity contribution in [3.8, 4) is 0 Å². The molecule has 0 saturated carbocycles. The second-order valence-electron chi connectivity index (χ2n) is 7.54. The SMILES string of the molecule is CC(=O)N1CCC(N2CC[C@H](Cc3ccc(C)cc3)[C@H](O)C2)CC1. The van der Waals surface area contributed by atoms with E-state index in [1.165, 1.54) is 11.1 Å². The molecule has 4 heteroatoms. The average molecular weight is 330 g/mol. The summed E-state index contributed by atoms with van der Waals surface area (Å²) in [7, 11) is 0. The quantitative estimate of drug-likeness (QED) is 0.924. The highest BCUT2D eigenvalue weighted by Gasteiger charge is 2.33. The lowest BCUT2D eigenvalue weighted by Crippen LogP contribution is -2.52. The number of hydrogen-bond acceptors (Lipinski definition) is 3. The lowest BCUT2D eigenvalue weighted by molar-refractivity contribution is -0.130. The molecule has 1 aromatic rings. The Morgan fingerprint density at radius 2 is 1.79 bits per heavy atom. The Morgan fingerprint density at radius 1 is 1.12 bits per heavy atom. The molecule has 0 aliphatic carbocycles. The predicted molar refractivity (Wildman–Crippen MR) is 95.8 cm³/mol. The number of nitrogens with zero attached hydrogens (tertiary/aromatic N) is 2. The largest absolute Gasteiger partial charge is 0.391 e. The van der Waals surface area contributed by atoms with Gasteiger partial charge in [-0.2, -0.15) is 0 Å². The number of likely N-dealkylation sites (tertiary alicyclic amines) is 2. The number of benzene rings is 1. The van der Waals surface area contributed by atoms with E-state index in [9.17, 15) is 9.90 Å². The van der Waals surface area contributed by atoms with E-state index in [2.05, 4.69) is 36.1 Å². The van der Waals surface area contributed by atoms with Gasteiger partial charge in [-0.05, 0) is 50.6 Å². The maximum Gasteiger partial charge on any atom is 0.219 e. The van der Waals surface area contributed by atoms with Gasteiger partial charge < -0.3 is 10.0 Å². The lowest BCUT2D eigenvalue weighted by Gasteiger charge is -2.43. The molecule has 2 fully saturated rings. The Morgan fingerprint density at radius 3 is 2.38 bits per heavy atom. The number of aryl methyl sites for hydroxylation is 1. The number of amides is 1. The van der Waals surface area contributed by atoms with Gasteiger partial charge >= 0.3 is 0 Å². The molecular formula is C20H30N2O2. The Kier molecular flexibility index (Phi) is 5.57. The predicted octanol–water partition coefficient (Wildman–Crippen LogP) is 2.23. The van der Waals surface area contributed by atoms with E-state index in [-0.39, 0.29) is 12.0 Å². The first-order valence-corrected chi connectivity index (χ1v) is 9.26. The highest BCUT2D eigenvalue weighted by atomic mass is 16.3. The first-order chi connectivity index (χ1) is 11.5. The fourth-order valence-corrected chi connectivity index (χ4v) is 4.15. The van der Waals surface area contributed by atoms with Crippen LogP contribution < -0.4 is 0 Å². The minimum atomic E-state index is -0.245. The van der Waals surface area contributed by atoms with E-state index < -0.39 is 0 Å². The molecule has 0 bridgehead atoms. The Bertz CT molecular complexity index is 549. The summed E-state index contributed by atoms with van der Waals surface area (Å²) in [5, 5.41) is 10.6. The van der Waals surface area contributed by atoms with Gasteiger partial charge in [-0.25, -0.2) is 0 Å². The van der Waals surface area contributed by atoms with Gasteiger partial charge in [0.05, 0.1) is 6.10 Å². The molecule has 2 aliphatic heterocycles. The minimum absolute atomic E-state index is 0.185. The molecule has 0 spiro atoms. The van der Waals surface area contributed by atoms with Crippen LogP contribution in [0.25, 0.3) is 0 Å². The first-order valence-electron chi connectivity index (χ1n) is 9.26. The van der Waals surface area contributed by atoms with Crippen molar-refractivity contribution in [2.75, 3.05) is 26.2 Å². The topological polar surface area (TPSA) is 43.8 Å². The number of aliphatic hydroxyl groups is 1. The highest BCUT2D eigenvalue weighted by molar-refractivity contribution is 5.73. The van der Waals surface area contributed by atoms with Crippen LogP contribution in [-0.2, 0) is 11.2 Å². The fourth-order valence-electron chi connectivity index (χ4n) is 4.15. The number of carbonyl (C=O) groups is 1. The number of piperidine rings is 2. The molecule has 3 rings (SSSR count). The van der Waals surface area contributed by atoms with E-state index in [1.807, 2.05) is 4.90 Å². The van der Waals surface area contributed by atoms with E-state index in [4.69, 9.17) is 0 Å². The van der Waals surface area contributed by atoms with Crippen LogP contribution in [0, 0.1) is 12.8 Å². The van der Waals surface area contributed by atoms with Gasteiger partial charge in [0.2, 0.25) is 5.91 Å². The zero-order chi connectivity index (χ0) is 17.1. The van der Waals surface area contributed by atoms with Crippen LogP contribution in [0.4, 0.5) is 0 Å². The van der Waals surface area contributed by atoms with Crippen LogP contribution in [0.2, 0.25) is 0 Å². The zero-order valence-corrected chi connectivity index (χ0v) is 14.9. The number of rotatable bonds is 3. The van der Waals surface area contributed by atoms with Gasteiger partial charge in [0.25, 0.3) is 0 Å². The van der Waals surface area contributed by atoms with Crippen molar-refractivity contribution in [1.29, 1.82) is 0 Å². The van der Waals surface area contributed by atoms with Crippen LogP contribution >= 0.6 is 0 Å². The number of aliphatic hydroxyl groups excluding tert-OH is 1. The Hall–Kier alpha value is -1.39. The normalized spacial score (nSPS) is 26.5. The van der Waals surface area contributed by atoms with Gasteiger partial charge in [0, 0.05) is 32.6 Å². The molecule has 132 valence electrons. The second kappa shape index (κ2) is 7.66. The van der Waals surface area contributed by atoms with E-state index in [1.54, 1.807) is 6.92 Å². The molecule has 4 nitrogen and oxygen atoms in total.